The molecule has 0 saturated carbocycles. The number of nitrogens with one attached hydrogen (secondary N) is 1. The third-order valence-corrected chi connectivity index (χ3v) is 3.62. The zero-order valence-corrected chi connectivity index (χ0v) is 12.8. The Balaban J connectivity index is 2.52. The molecule has 0 saturated heterocycles. The van der Waals surface area contributed by atoms with Gasteiger partial charge in [-0.05, 0) is 56.1 Å². The number of methoxy groups -OCH3 is 1. The van der Waals surface area contributed by atoms with E-state index >= 15 is 0 Å². The first-order valence-electron chi connectivity index (χ1n) is 6.80. The average molecular weight is 270 g/mol. The smallest absolute Gasteiger partial charge is 0.137 e. The topological polar surface area (TPSA) is 34.2 Å². The second kappa shape index (κ2) is 6.06. The molecule has 0 aliphatic carbocycles. The lowest BCUT2D eigenvalue weighted by atomic mass is 9.90. The van der Waals surface area contributed by atoms with Gasteiger partial charge >= 0.3 is 0 Å². The van der Waals surface area contributed by atoms with Gasteiger partial charge in [-0.15, -0.1) is 0 Å². The normalized spacial score (nSPS) is 12.2. The van der Waals surface area contributed by atoms with Crippen molar-refractivity contribution in [1.82, 2.24) is 10.3 Å². The molecule has 2 aromatic rings. The molecule has 0 spiro atoms. The molecule has 1 N–H and O–H groups in total. The molecular weight excluding hydrogens is 248 g/mol. The van der Waals surface area contributed by atoms with Gasteiger partial charge in [0.25, 0.3) is 0 Å². The maximum Gasteiger partial charge on any atom is 0.137 e. The van der Waals surface area contributed by atoms with Crippen LogP contribution in [0.5, 0.6) is 5.75 Å². The Morgan fingerprint density at radius 3 is 2.25 bits per heavy atom. The summed E-state index contributed by atoms with van der Waals surface area (Å²) in [5.41, 5.74) is 6.31. The summed E-state index contributed by atoms with van der Waals surface area (Å²) in [6, 6.07) is 6.60. The Hall–Kier alpha value is -1.87. The van der Waals surface area contributed by atoms with E-state index in [2.05, 4.69) is 43.2 Å². The number of pyridine rings is 1. The fraction of sp³-hybridized carbons (Fsp3) is 0.353. The molecule has 3 nitrogen and oxygen atoms in total. The fourth-order valence-electron chi connectivity index (χ4n) is 2.83. The molecule has 0 aliphatic rings. The summed E-state index contributed by atoms with van der Waals surface area (Å²) in [5.74, 6) is 0.783. The standard InChI is InChI=1S/C17H22N2O/c1-11-6-12(2)16(13(3)7-11)17(18-4)14-8-15(20-5)10-19-9-14/h6-10,17-18H,1-5H3. The summed E-state index contributed by atoms with van der Waals surface area (Å²) in [6.07, 6.45) is 3.62. The summed E-state index contributed by atoms with van der Waals surface area (Å²) in [6.45, 7) is 6.45. The minimum absolute atomic E-state index is 0.123. The van der Waals surface area contributed by atoms with Crippen LogP contribution in [0.4, 0.5) is 0 Å². The van der Waals surface area contributed by atoms with Crippen molar-refractivity contribution in [2.24, 2.45) is 0 Å². The molecule has 0 aliphatic heterocycles. The number of nitrogens with zero attached hydrogens (tertiary/aromatic N) is 1. The first kappa shape index (κ1) is 14.5. The van der Waals surface area contributed by atoms with E-state index in [0.29, 0.717) is 0 Å². The summed E-state index contributed by atoms with van der Waals surface area (Å²) >= 11 is 0. The van der Waals surface area contributed by atoms with E-state index in [1.54, 1.807) is 13.3 Å². The van der Waals surface area contributed by atoms with Crippen molar-refractivity contribution < 1.29 is 4.74 Å². The predicted molar refractivity (Wildman–Crippen MR) is 82.3 cm³/mol. The molecule has 1 atom stereocenters. The lowest BCUT2D eigenvalue weighted by Crippen LogP contribution is -2.20. The number of aryl methyl sites for hydroxylation is 3. The van der Waals surface area contributed by atoms with Crippen molar-refractivity contribution in [2.75, 3.05) is 14.2 Å². The van der Waals surface area contributed by atoms with Crippen LogP contribution in [-0.2, 0) is 0 Å². The zero-order valence-electron chi connectivity index (χ0n) is 12.8. The second-order valence-corrected chi connectivity index (χ2v) is 5.19. The monoisotopic (exact) mass is 270 g/mol. The Morgan fingerprint density at radius 1 is 1.05 bits per heavy atom. The minimum Gasteiger partial charge on any atom is -0.495 e. The minimum atomic E-state index is 0.123. The molecule has 106 valence electrons. The van der Waals surface area contributed by atoms with Crippen LogP contribution in [0, 0.1) is 20.8 Å². The van der Waals surface area contributed by atoms with Crippen LogP contribution < -0.4 is 10.1 Å². The Kier molecular flexibility index (Phi) is 4.40. The van der Waals surface area contributed by atoms with Crippen LogP contribution in [0.25, 0.3) is 0 Å². The Labute approximate surface area is 121 Å². The molecule has 1 aromatic carbocycles. The molecule has 2 rings (SSSR count). The van der Waals surface area contributed by atoms with Gasteiger partial charge in [0.1, 0.15) is 5.75 Å². The summed E-state index contributed by atoms with van der Waals surface area (Å²) in [7, 11) is 3.64. The molecule has 0 fully saturated rings. The van der Waals surface area contributed by atoms with Gasteiger partial charge in [0.2, 0.25) is 0 Å². The van der Waals surface area contributed by atoms with E-state index in [9.17, 15) is 0 Å². The SMILES string of the molecule is CNC(c1cncc(OC)c1)c1c(C)cc(C)cc1C. The van der Waals surface area contributed by atoms with Gasteiger partial charge in [-0.2, -0.15) is 0 Å². The van der Waals surface area contributed by atoms with E-state index in [4.69, 9.17) is 4.74 Å². The third kappa shape index (κ3) is 2.83. The Bertz CT molecular complexity index is 585. The van der Waals surface area contributed by atoms with E-state index < -0.39 is 0 Å². The molecule has 1 heterocycles. The van der Waals surface area contributed by atoms with Crippen LogP contribution >= 0.6 is 0 Å². The molecule has 0 amide bonds. The van der Waals surface area contributed by atoms with Crippen molar-refractivity contribution in [2.45, 2.75) is 26.8 Å². The number of hydrogen-bond donors (Lipinski definition) is 1. The largest absolute Gasteiger partial charge is 0.495 e. The second-order valence-electron chi connectivity index (χ2n) is 5.19. The molecule has 20 heavy (non-hydrogen) atoms. The molecule has 0 radical (unpaired) electrons. The fourth-order valence-corrected chi connectivity index (χ4v) is 2.83. The molecule has 0 bridgehead atoms. The first-order valence-corrected chi connectivity index (χ1v) is 6.80. The first-order chi connectivity index (χ1) is 9.56. The van der Waals surface area contributed by atoms with Gasteiger partial charge < -0.3 is 10.1 Å². The van der Waals surface area contributed by atoms with Gasteiger partial charge in [0.15, 0.2) is 0 Å². The molecular formula is C17H22N2O. The van der Waals surface area contributed by atoms with Crippen molar-refractivity contribution in [1.29, 1.82) is 0 Å². The van der Waals surface area contributed by atoms with E-state index in [0.717, 1.165) is 11.3 Å². The van der Waals surface area contributed by atoms with Crippen molar-refractivity contribution >= 4 is 0 Å². The van der Waals surface area contributed by atoms with E-state index in [1.165, 1.54) is 22.3 Å². The highest BCUT2D eigenvalue weighted by Crippen LogP contribution is 2.29. The third-order valence-electron chi connectivity index (χ3n) is 3.62. The van der Waals surface area contributed by atoms with Crippen LogP contribution in [0.1, 0.15) is 33.9 Å². The van der Waals surface area contributed by atoms with E-state index in [1.807, 2.05) is 19.3 Å². The summed E-state index contributed by atoms with van der Waals surface area (Å²) < 4.78 is 5.27. The Morgan fingerprint density at radius 2 is 1.70 bits per heavy atom. The van der Waals surface area contributed by atoms with Crippen LogP contribution in [0.15, 0.2) is 30.6 Å². The number of ether oxygens (including phenoxy) is 1. The van der Waals surface area contributed by atoms with E-state index in [-0.39, 0.29) is 6.04 Å². The quantitative estimate of drug-likeness (QED) is 0.925. The van der Waals surface area contributed by atoms with Crippen LogP contribution in [0.2, 0.25) is 0 Å². The van der Waals surface area contributed by atoms with Gasteiger partial charge in [0, 0.05) is 6.20 Å². The number of hydrogen-bond acceptors (Lipinski definition) is 3. The number of benzene rings is 1. The van der Waals surface area contributed by atoms with Crippen LogP contribution in [0.3, 0.4) is 0 Å². The lowest BCUT2D eigenvalue weighted by molar-refractivity contribution is 0.411. The highest BCUT2D eigenvalue weighted by molar-refractivity contribution is 5.44. The van der Waals surface area contributed by atoms with Crippen LogP contribution in [-0.4, -0.2) is 19.1 Å². The highest BCUT2D eigenvalue weighted by Gasteiger charge is 2.17. The van der Waals surface area contributed by atoms with Gasteiger partial charge in [-0.25, -0.2) is 0 Å². The van der Waals surface area contributed by atoms with Crippen molar-refractivity contribution in [3.63, 3.8) is 0 Å². The average Bonchev–Trinajstić information content (AvgIpc) is 2.42. The summed E-state index contributed by atoms with van der Waals surface area (Å²) in [5, 5.41) is 3.39. The van der Waals surface area contributed by atoms with Gasteiger partial charge in [-0.1, -0.05) is 17.7 Å². The number of aromatic nitrogens is 1. The molecule has 1 aromatic heterocycles. The maximum absolute atomic E-state index is 5.27. The summed E-state index contributed by atoms with van der Waals surface area (Å²) in [4.78, 5) is 4.26. The molecule has 3 heteroatoms. The van der Waals surface area contributed by atoms with Gasteiger partial charge in [-0.3, -0.25) is 4.98 Å². The van der Waals surface area contributed by atoms with Crippen molar-refractivity contribution in [3.8, 4) is 5.75 Å². The number of rotatable bonds is 4. The lowest BCUT2D eigenvalue weighted by Gasteiger charge is -2.22. The predicted octanol–water partition coefficient (Wildman–Crippen LogP) is 3.32. The van der Waals surface area contributed by atoms with Crippen molar-refractivity contribution in [3.05, 3.63) is 58.4 Å². The maximum atomic E-state index is 5.27. The molecule has 1 unspecified atom stereocenters. The van der Waals surface area contributed by atoms with Gasteiger partial charge in [0.05, 0.1) is 19.3 Å². The highest BCUT2D eigenvalue weighted by atomic mass is 16.5. The zero-order chi connectivity index (χ0) is 14.7.